The number of hydrazone groups is 1. The summed E-state index contributed by atoms with van der Waals surface area (Å²) in [7, 11) is 0. The zero-order valence-electron chi connectivity index (χ0n) is 13.4. The summed E-state index contributed by atoms with van der Waals surface area (Å²) >= 11 is 0.739. The average Bonchev–Trinajstić information content (AvgIpc) is 3.12. The van der Waals surface area contributed by atoms with Crippen LogP contribution in [0.25, 0.3) is 0 Å². The van der Waals surface area contributed by atoms with Crippen LogP contribution in [-0.2, 0) is 9.59 Å². The molecular formula is C16H13N4O4S-. The minimum atomic E-state index is -1.43. The van der Waals surface area contributed by atoms with Crippen molar-refractivity contribution in [2.45, 2.75) is 19.1 Å². The molecule has 1 atom stereocenters. The summed E-state index contributed by atoms with van der Waals surface area (Å²) in [5.74, 6) is -2.26. The molecule has 0 bridgehead atoms. The molecule has 0 fully saturated rings. The molecule has 2 heterocycles. The van der Waals surface area contributed by atoms with Crippen LogP contribution < -0.4 is 10.1 Å². The first-order valence-electron chi connectivity index (χ1n) is 7.31. The van der Waals surface area contributed by atoms with Crippen LogP contribution in [0.4, 0.5) is 5.69 Å². The van der Waals surface area contributed by atoms with Gasteiger partial charge in [0.2, 0.25) is 5.89 Å². The molecule has 0 N–H and O–H groups in total. The van der Waals surface area contributed by atoms with Gasteiger partial charge in [0.1, 0.15) is 0 Å². The number of aromatic nitrogens is 2. The topological polar surface area (TPSA) is 112 Å². The van der Waals surface area contributed by atoms with Gasteiger partial charge in [0.05, 0.1) is 23.3 Å². The Labute approximate surface area is 147 Å². The van der Waals surface area contributed by atoms with Crippen LogP contribution in [0.3, 0.4) is 0 Å². The van der Waals surface area contributed by atoms with E-state index in [1.807, 2.05) is 6.07 Å². The molecule has 1 aliphatic heterocycles. The van der Waals surface area contributed by atoms with E-state index in [9.17, 15) is 14.7 Å². The SMILES string of the molecule is CC1=NN(c2ccccc2)C(=O)[C@H]1/C=C(\Sc1nnc(C)o1)C(=O)[O-]. The standard InChI is InChI=1S/C16H14N4O4S/c1-9-12(14(21)20(19-9)11-6-4-3-5-7-11)8-13(15(22)23)25-16-18-17-10(2)24-16/h3-8,12H,1-2H3,(H,22,23)/p-1/b13-8-/t12-/m0/s1. The number of aryl methyl sites for hydroxylation is 1. The van der Waals surface area contributed by atoms with E-state index in [0.717, 1.165) is 11.8 Å². The van der Waals surface area contributed by atoms with Crippen molar-refractivity contribution < 1.29 is 19.1 Å². The Balaban J connectivity index is 1.86. The number of carboxylic acid groups (broad SMARTS) is 1. The van der Waals surface area contributed by atoms with E-state index in [2.05, 4.69) is 15.3 Å². The van der Waals surface area contributed by atoms with Gasteiger partial charge in [-0.1, -0.05) is 24.3 Å². The number of thioether (sulfide) groups is 1. The molecule has 25 heavy (non-hydrogen) atoms. The number of carbonyl (C=O) groups excluding carboxylic acids is 2. The lowest BCUT2D eigenvalue weighted by Gasteiger charge is -2.13. The highest BCUT2D eigenvalue weighted by Crippen LogP contribution is 2.30. The van der Waals surface area contributed by atoms with E-state index in [-0.39, 0.29) is 16.0 Å². The van der Waals surface area contributed by atoms with Gasteiger partial charge >= 0.3 is 0 Å². The molecule has 1 aromatic carbocycles. The summed E-state index contributed by atoms with van der Waals surface area (Å²) in [6.45, 7) is 3.25. The predicted octanol–water partition coefficient (Wildman–Crippen LogP) is 1.14. The number of carbonyl (C=O) groups is 2. The molecule has 0 saturated carbocycles. The smallest absolute Gasteiger partial charge is 0.281 e. The minimum absolute atomic E-state index is 0.0629. The summed E-state index contributed by atoms with van der Waals surface area (Å²) in [5, 5.41) is 24.3. The Morgan fingerprint density at radius 3 is 2.60 bits per heavy atom. The first kappa shape index (κ1) is 16.9. The first-order valence-corrected chi connectivity index (χ1v) is 8.12. The number of benzene rings is 1. The molecule has 0 aliphatic carbocycles. The van der Waals surface area contributed by atoms with Crippen LogP contribution in [0.15, 0.2) is 56.1 Å². The molecule has 0 radical (unpaired) electrons. The molecule has 3 rings (SSSR count). The van der Waals surface area contributed by atoms with E-state index >= 15 is 0 Å². The summed E-state index contributed by atoms with van der Waals surface area (Å²) in [5.41, 5.74) is 1.09. The highest BCUT2D eigenvalue weighted by molar-refractivity contribution is 8.03. The predicted molar refractivity (Wildman–Crippen MR) is 88.5 cm³/mol. The van der Waals surface area contributed by atoms with Crippen molar-refractivity contribution in [2.24, 2.45) is 11.0 Å². The van der Waals surface area contributed by atoms with Gasteiger partial charge in [-0.15, -0.1) is 10.2 Å². The van der Waals surface area contributed by atoms with Crippen molar-refractivity contribution in [3.8, 4) is 0 Å². The zero-order chi connectivity index (χ0) is 18.0. The summed E-state index contributed by atoms with van der Waals surface area (Å²) in [6.07, 6.45) is 1.30. The number of anilines is 1. The maximum Gasteiger partial charge on any atom is 0.281 e. The van der Waals surface area contributed by atoms with Crippen molar-refractivity contribution in [2.75, 3.05) is 5.01 Å². The Kier molecular flexibility index (Phi) is 4.66. The van der Waals surface area contributed by atoms with E-state index in [1.165, 1.54) is 11.1 Å². The van der Waals surface area contributed by atoms with Crippen LogP contribution in [0.2, 0.25) is 0 Å². The highest BCUT2D eigenvalue weighted by Gasteiger charge is 2.33. The van der Waals surface area contributed by atoms with Gasteiger partial charge in [0.15, 0.2) is 0 Å². The fraction of sp³-hybridized carbons (Fsp3) is 0.188. The van der Waals surface area contributed by atoms with E-state index in [4.69, 9.17) is 4.42 Å². The molecule has 8 nitrogen and oxygen atoms in total. The summed E-state index contributed by atoms with van der Waals surface area (Å²) in [4.78, 5) is 23.8. The Hall–Kier alpha value is -2.94. The van der Waals surface area contributed by atoms with Gasteiger partial charge in [-0.05, 0) is 30.8 Å². The molecule has 1 aromatic heterocycles. The molecule has 0 spiro atoms. The van der Waals surface area contributed by atoms with Gasteiger partial charge in [-0.25, -0.2) is 0 Å². The molecular weight excluding hydrogens is 344 g/mol. The third-order valence-electron chi connectivity index (χ3n) is 3.41. The number of hydrogen-bond donors (Lipinski definition) is 0. The fourth-order valence-corrected chi connectivity index (χ4v) is 2.95. The number of amides is 1. The number of hydrogen-bond acceptors (Lipinski definition) is 8. The van der Waals surface area contributed by atoms with Crippen molar-refractivity contribution >= 4 is 35.0 Å². The number of carboxylic acids is 1. The molecule has 128 valence electrons. The van der Waals surface area contributed by atoms with Gasteiger partial charge in [0.25, 0.3) is 11.1 Å². The van der Waals surface area contributed by atoms with Gasteiger partial charge in [-0.2, -0.15) is 10.1 Å². The number of nitrogens with zero attached hydrogens (tertiary/aromatic N) is 4. The average molecular weight is 357 g/mol. The second kappa shape index (κ2) is 6.89. The largest absolute Gasteiger partial charge is 0.544 e. The quantitative estimate of drug-likeness (QED) is 0.582. The third kappa shape index (κ3) is 3.61. The van der Waals surface area contributed by atoms with Crippen molar-refractivity contribution in [1.82, 2.24) is 10.2 Å². The Morgan fingerprint density at radius 2 is 2.00 bits per heavy atom. The number of aliphatic carboxylic acids is 1. The lowest BCUT2D eigenvalue weighted by molar-refractivity contribution is -0.298. The lowest BCUT2D eigenvalue weighted by Crippen LogP contribution is -2.28. The molecule has 9 heteroatoms. The van der Waals surface area contributed by atoms with Crippen molar-refractivity contribution in [3.63, 3.8) is 0 Å². The van der Waals surface area contributed by atoms with Gasteiger partial charge in [0, 0.05) is 11.8 Å². The van der Waals surface area contributed by atoms with E-state index in [0.29, 0.717) is 17.3 Å². The molecule has 2 aromatic rings. The first-order chi connectivity index (χ1) is 12.0. The van der Waals surface area contributed by atoms with Crippen LogP contribution in [-0.4, -0.2) is 27.8 Å². The molecule has 0 saturated heterocycles. The van der Waals surface area contributed by atoms with Crippen molar-refractivity contribution in [3.05, 3.63) is 47.2 Å². The maximum atomic E-state index is 12.6. The Bertz CT molecular complexity index is 875. The normalized spacial score (nSPS) is 17.8. The highest BCUT2D eigenvalue weighted by atomic mass is 32.2. The third-order valence-corrected chi connectivity index (χ3v) is 4.27. The van der Waals surface area contributed by atoms with Crippen LogP contribution >= 0.6 is 11.8 Å². The number of rotatable bonds is 5. The maximum absolute atomic E-state index is 12.6. The fourth-order valence-electron chi connectivity index (χ4n) is 2.23. The summed E-state index contributed by atoms with van der Waals surface area (Å²) in [6, 6.07) is 8.90. The second-order valence-electron chi connectivity index (χ2n) is 5.21. The van der Waals surface area contributed by atoms with Crippen LogP contribution in [0, 0.1) is 12.8 Å². The number of para-hydroxylation sites is 1. The zero-order valence-corrected chi connectivity index (χ0v) is 14.2. The van der Waals surface area contributed by atoms with Crippen LogP contribution in [0.5, 0.6) is 0 Å². The van der Waals surface area contributed by atoms with Gasteiger partial charge in [-0.3, -0.25) is 4.79 Å². The monoisotopic (exact) mass is 357 g/mol. The molecule has 0 unspecified atom stereocenters. The van der Waals surface area contributed by atoms with E-state index in [1.54, 1.807) is 38.1 Å². The van der Waals surface area contributed by atoms with Gasteiger partial charge < -0.3 is 14.3 Å². The van der Waals surface area contributed by atoms with Crippen molar-refractivity contribution in [1.29, 1.82) is 0 Å². The molecule has 1 amide bonds. The van der Waals surface area contributed by atoms with E-state index < -0.39 is 11.9 Å². The summed E-state index contributed by atoms with van der Waals surface area (Å²) < 4.78 is 5.16. The Morgan fingerprint density at radius 1 is 1.28 bits per heavy atom. The minimum Gasteiger partial charge on any atom is -0.544 e. The lowest BCUT2D eigenvalue weighted by atomic mass is 10.0. The second-order valence-corrected chi connectivity index (χ2v) is 6.21. The van der Waals surface area contributed by atoms with Crippen LogP contribution in [0.1, 0.15) is 12.8 Å². The molecule has 1 aliphatic rings.